The highest BCUT2D eigenvalue weighted by atomic mass is 79.9. The number of hydrogen-bond donors (Lipinski definition) is 0. The Morgan fingerprint density at radius 3 is 2.37 bits per heavy atom. The van der Waals surface area contributed by atoms with Gasteiger partial charge in [0.05, 0.1) is 4.90 Å². The Labute approximate surface area is 169 Å². The molecule has 4 nitrogen and oxygen atoms in total. The van der Waals surface area contributed by atoms with Crippen molar-refractivity contribution in [2.75, 3.05) is 6.26 Å². The second-order valence-corrected chi connectivity index (χ2v) is 10.3. The van der Waals surface area contributed by atoms with Crippen molar-refractivity contribution < 1.29 is 13.2 Å². The molecule has 27 heavy (non-hydrogen) atoms. The van der Waals surface area contributed by atoms with Gasteiger partial charge in [0.25, 0.3) is 0 Å². The SMILES string of the molecule is CS(=O)(=O)c1ccc([C@@H](CC2CCCC2)C(=O)Cc2ccc(Br)cn2)cc1. The third-order valence-corrected chi connectivity index (χ3v) is 6.88. The smallest absolute Gasteiger partial charge is 0.175 e. The molecule has 1 atom stereocenters. The van der Waals surface area contributed by atoms with Crippen LogP contribution in [0.5, 0.6) is 0 Å². The van der Waals surface area contributed by atoms with Crippen molar-refractivity contribution in [2.24, 2.45) is 5.92 Å². The van der Waals surface area contributed by atoms with Crippen LogP contribution < -0.4 is 0 Å². The topological polar surface area (TPSA) is 64.1 Å². The van der Waals surface area contributed by atoms with Gasteiger partial charge in [-0.15, -0.1) is 0 Å². The van der Waals surface area contributed by atoms with Gasteiger partial charge in [-0.1, -0.05) is 37.8 Å². The molecule has 2 aromatic rings. The van der Waals surface area contributed by atoms with Gasteiger partial charge in [-0.05, 0) is 58.1 Å². The Balaban J connectivity index is 1.83. The minimum atomic E-state index is -3.24. The number of halogens is 1. The van der Waals surface area contributed by atoms with Crippen LogP contribution >= 0.6 is 15.9 Å². The van der Waals surface area contributed by atoms with Gasteiger partial charge in [0.15, 0.2) is 9.84 Å². The zero-order valence-corrected chi connectivity index (χ0v) is 17.8. The van der Waals surface area contributed by atoms with Gasteiger partial charge in [-0.25, -0.2) is 8.42 Å². The highest BCUT2D eigenvalue weighted by Gasteiger charge is 2.27. The zero-order chi connectivity index (χ0) is 19.4. The fourth-order valence-corrected chi connectivity index (χ4v) is 4.66. The molecule has 0 aliphatic heterocycles. The van der Waals surface area contributed by atoms with E-state index in [-0.39, 0.29) is 16.6 Å². The summed E-state index contributed by atoms with van der Waals surface area (Å²) in [5, 5.41) is 0. The average molecular weight is 450 g/mol. The first-order valence-electron chi connectivity index (χ1n) is 9.26. The number of rotatable bonds is 7. The molecular formula is C21H24BrNO3S. The Morgan fingerprint density at radius 2 is 1.81 bits per heavy atom. The molecule has 0 N–H and O–H groups in total. The number of ketones is 1. The summed E-state index contributed by atoms with van der Waals surface area (Å²) < 4.78 is 24.3. The van der Waals surface area contributed by atoms with Crippen molar-refractivity contribution in [3.8, 4) is 0 Å². The molecule has 0 radical (unpaired) electrons. The van der Waals surface area contributed by atoms with Crippen LogP contribution in [0.15, 0.2) is 52.0 Å². The monoisotopic (exact) mass is 449 g/mol. The van der Waals surface area contributed by atoms with Crippen molar-refractivity contribution in [3.05, 3.63) is 58.3 Å². The Hall–Kier alpha value is -1.53. The van der Waals surface area contributed by atoms with Crippen LogP contribution in [0.3, 0.4) is 0 Å². The molecule has 3 rings (SSSR count). The molecule has 0 unspecified atom stereocenters. The first-order valence-corrected chi connectivity index (χ1v) is 11.9. The minimum absolute atomic E-state index is 0.142. The lowest BCUT2D eigenvalue weighted by Gasteiger charge is -2.20. The molecule has 0 spiro atoms. The maximum Gasteiger partial charge on any atom is 0.175 e. The molecule has 1 saturated carbocycles. The molecule has 0 saturated heterocycles. The lowest BCUT2D eigenvalue weighted by atomic mass is 9.83. The van der Waals surface area contributed by atoms with E-state index >= 15 is 0 Å². The van der Waals surface area contributed by atoms with Gasteiger partial charge in [0.1, 0.15) is 5.78 Å². The van der Waals surface area contributed by atoms with Crippen LogP contribution in [0.4, 0.5) is 0 Å². The summed E-state index contributed by atoms with van der Waals surface area (Å²) >= 11 is 3.36. The van der Waals surface area contributed by atoms with Crippen molar-refractivity contribution in [2.45, 2.75) is 49.3 Å². The molecule has 0 bridgehead atoms. The van der Waals surface area contributed by atoms with Crippen LogP contribution in [-0.4, -0.2) is 25.4 Å². The number of hydrogen-bond acceptors (Lipinski definition) is 4. The molecule has 1 aromatic heterocycles. The summed E-state index contributed by atoms with van der Waals surface area (Å²) in [6.45, 7) is 0. The van der Waals surface area contributed by atoms with E-state index < -0.39 is 9.84 Å². The number of sulfone groups is 1. The summed E-state index contributed by atoms with van der Waals surface area (Å²) in [6, 6.07) is 10.6. The third-order valence-electron chi connectivity index (χ3n) is 5.29. The van der Waals surface area contributed by atoms with E-state index in [2.05, 4.69) is 20.9 Å². The Morgan fingerprint density at radius 1 is 1.15 bits per heavy atom. The zero-order valence-electron chi connectivity index (χ0n) is 15.4. The molecule has 6 heteroatoms. The predicted molar refractivity (Wildman–Crippen MR) is 110 cm³/mol. The molecule has 1 aliphatic rings. The predicted octanol–water partition coefficient (Wildman–Crippen LogP) is 4.72. The Bertz CT molecular complexity index is 886. The van der Waals surface area contributed by atoms with E-state index in [1.807, 2.05) is 12.1 Å². The summed E-state index contributed by atoms with van der Waals surface area (Å²) in [5.41, 5.74) is 1.66. The van der Waals surface area contributed by atoms with Crippen molar-refractivity contribution in [1.82, 2.24) is 4.98 Å². The highest BCUT2D eigenvalue weighted by molar-refractivity contribution is 9.10. The van der Waals surface area contributed by atoms with Crippen molar-refractivity contribution in [3.63, 3.8) is 0 Å². The van der Waals surface area contributed by atoms with Crippen LogP contribution in [0.2, 0.25) is 0 Å². The third kappa shape index (κ3) is 5.48. The standard InChI is InChI=1S/C21H24BrNO3S/c1-27(25,26)19-10-6-16(7-11-19)20(12-15-4-2-3-5-15)21(24)13-18-9-8-17(22)14-23-18/h6-11,14-15,20H,2-5,12-13H2,1H3/t20-/m1/s1. The first kappa shape index (κ1) is 20.2. The van der Waals surface area contributed by atoms with E-state index in [9.17, 15) is 13.2 Å². The molecule has 1 aliphatic carbocycles. The van der Waals surface area contributed by atoms with Crippen molar-refractivity contribution >= 4 is 31.6 Å². The lowest BCUT2D eigenvalue weighted by Crippen LogP contribution is -2.18. The van der Waals surface area contributed by atoms with E-state index in [0.717, 1.165) is 22.2 Å². The number of carbonyl (C=O) groups excluding carboxylic acids is 1. The second-order valence-electron chi connectivity index (χ2n) is 7.39. The van der Waals surface area contributed by atoms with Gasteiger partial charge in [0.2, 0.25) is 0 Å². The first-order chi connectivity index (χ1) is 12.8. The second kappa shape index (κ2) is 8.65. The quantitative estimate of drug-likeness (QED) is 0.612. The number of pyridine rings is 1. The highest BCUT2D eigenvalue weighted by Crippen LogP contribution is 2.35. The minimum Gasteiger partial charge on any atom is -0.299 e. The molecule has 0 amide bonds. The molecule has 1 heterocycles. The summed E-state index contributed by atoms with van der Waals surface area (Å²) in [7, 11) is -3.24. The number of aromatic nitrogens is 1. The summed E-state index contributed by atoms with van der Waals surface area (Å²) in [5.74, 6) is 0.488. The maximum atomic E-state index is 13.1. The van der Waals surface area contributed by atoms with E-state index in [1.165, 1.54) is 31.9 Å². The van der Waals surface area contributed by atoms with E-state index in [1.54, 1.807) is 30.5 Å². The molecule has 1 aromatic carbocycles. The van der Waals surface area contributed by atoms with Crippen LogP contribution in [0.1, 0.15) is 49.3 Å². The van der Waals surface area contributed by atoms with Crippen LogP contribution in [0, 0.1) is 5.92 Å². The maximum absolute atomic E-state index is 13.1. The van der Waals surface area contributed by atoms with Gasteiger partial charge in [-0.2, -0.15) is 0 Å². The number of benzene rings is 1. The van der Waals surface area contributed by atoms with Gasteiger partial charge in [0, 0.05) is 35.0 Å². The van der Waals surface area contributed by atoms with E-state index in [0.29, 0.717) is 12.3 Å². The van der Waals surface area contributed by atoms with Crippen LogP contribution in [0.25, 0.3) is 0 Å². The van der Waals surface area contributed by atoms with Gasteiger partial charge in [-0.3, -0.25) is 9.78 Å². The summed E-state index contributed by atoms with van der Waals surface area (Å²) in [6.07, 6.45) is 8.81. The molecule has 144 valence electrons. The summed E-state index contributed by atoms with van der Waals surface area (Å²) in [4.78, 5) is 17.7. The Kier molecular flexibility index (Phi) is 6.48. The number of Topliss-reactive ketones (excluding diaryl/α,β-unsaturated/α-hetero) is 1. The number of carbonyl (C=O) groups is 1. The fraction of sp³-hybridized carbons (Fsp3) is 0.429. The van der Waals surface area contributed by atoms with Gasteiger partial charge < -0.3 is 0 Å². The fourth-order valence-electron chi connectivity index (χ4n) is 3.79. The molecular weight excluding hydrogens is 426 g/mol. The lowest BCUT2D eigenvalue weighted by molar-refractivity contribution is -0.120. The van der Waals surface area contributed by atoms with Gasteiger partial charge >= 0.3 is 0 Å². The largest absolute Gasteiger partial charge is 0.299 e. The average Bonchev–Trinajstić information content (AvgIpc) is 3.14. The van der Waals surface area contributed by atoms with E-state index in [4.69, 9.17) is 0 Å². The van der Waals surface area contributed by atoms with Crippen LogP contribution in [-0.2, 0) is 21.1 Å². The molecule has 1 fully saturated rings. The number of nitrogens with zero attached hydrogens (tertiary/aromatic N) is 1. The normalized spacial score (nSPS) is 16.4. The van der Waals surface area contributed by atoms with Crippen molar-refractivity contribution in [1.29, 1.82) is 0 Å².